The molecule has 0 aliphatic heterocycles. The number of carboxylic acid groups (broad SMARTS) is 1. The molecule has 0 aliphatic carbocycles. The van der Waals surface area contributed by atoms with Gasteiger partial charge in [-0.3, -0.25) is 19.7 Å². The molecule has 1 atom stereocenters. The summed E-state index contributed by atoms with van der Waals surface area (Å²) in [5.41, 5.74) is 0.166. The first-order valence-electron chi connectivity index (χ1n) is 4.65. The van der Waals surface area contributed by atoms with Crippen molar-refractivity contribution in [3.8, 4) is 0 Å². The molecule has 2 N–H and O–H groups in total. The third kappa shape index (κ3) is 3.83. The summed E-state index contributed by atoms with van der Waals surface area (Å²) in [5, 5.41) is 22.6. The second kappa shape index (κ2) is 5.39. The highest BCUT2D eigenvalue weighted by molar-refractivity contribution is 7.13. The predicted molar refractivity (Wildman–Crippen MR) is 60.2 cm³/mol. The lowest BCUT2D eigenvalue weighted by molar-refractivity contribution is -0.380. The van der Waals surface area contributed by atoms with Gasteiger partial charge in [-0.15, -0.1) is 0 Å². The van der Waals surface area contributed by atoms with Gasteiger partial charge in [-0.1, -0.05) is 11.3 Å². The fraction of sp³-hybridized carbons (Fsp3) is 0.333. The number of nitrogens with zero attached hydrogens (tertiary/aromatic N) is 1. The number of carbonyl (C=O) groups excluding carboxylic acids is 1. The van der Waals surface area contributed by atoms with Crippen molar-refractivity contribution in [1.29, 1.82) is 0 Å². The predicted octanol–water partition coefficient (Wildman–Crippen LogP) is 1.25. The number of rotatable bonds is 5. The van der Waals surface area contributed by atoms with Crippen LogP contribution in [-0.2, 0) is 4.79 Å². The van der Waals surface area contributed by atoms with Crippen molar-refractivity contribution in [2.75, 3.05) is 0 Å². The Hall–Kier alpha value is -1.96. The van der Waals surface area contributed by atoms with Crippen LogP contribution in [-0.4, -0.2) is 27.9 Å². The van der Waals surface area contributed by atoms with E-state index in [0.29, 0.717) is 0 Å². The number of carboxylic acids is 1. The molecule has 1 unspecified atom stereocenters. The van der Waals surface area contributed by atoms with Gasteiger partial charge in [0, 0.05) is 17.5 Å². The van der Waals surface area contributed by atoms with Gasteiger partial charge in [0.25, 0.3) is 5.91 Å². The van der Waals surface area contributed by atoms with Crippen LogP contribution in [0.4, 0.5) is 5.00 Å². The maximum atomic E-state index is 11.6. The molecular formula is C9H10N2O5S. The normalized spacial score (nSPS) is 11.8. The Morgan fingerprint density at radius 2 is 2.29 bits per heavy atom. The van der Waals surface area contributed by atoms with Crippen LogP contribution in [0.15, 0.2) is 11.4 Å². The van der Waals surface area contributed by atoms with Gasteiger partial charge >= 0.3 is 11.0 Å². The van der Waals surface area contributed by atoms with Gasteiger partial charge in [0.1, 0.15) is 0 Å². The van der Waals surface area contributed by atoms with Crippen LogP contribution in [0.1, 0.15) is 23.7 Å². The number of hydrogen-bond acceptors (Lipinski definition) is 5. The average Bonchev–Trinajstić information content (AvgIpc) is 2.64. The molecule has 7 nitrogen and oxygen atoms in total. The number of nitrogens with one attached hydrogen (secondary N) is 1. The molecule has 1 aromatic rings. The Balaban J connectivity index is 2.63. The van der Waals surface area contributed by atoms with E-state index in [-0.39, 0.29) is 17.0 Å². The van der Waals surface area contributed by atoms with E-state index in [0.717, 1.165) is 17.4 Å². The first-order chi connectivity index (χ1) is 7.90. The zero-order chi connectivity index (χ0) is 13.0. The summed E-state index contributed by atoms with van der Waals surface area (Å²) in [6.45, 7) is 1.55. The second-order valence-corrected chi connectivity index (χ2v) is 4.29. The number of thiophene rings is 1. The molecule has 0 radical (unpaired) electrons. The molecule has 0 aliphatic rings. The summed E-state index contributed by atoms with van der Waals surface area (Å²) in [7, 11) is 0. The molecule has 1 rings (SSSR count). The lowest BCUT2D eigenvalue weighted by Crippen LogP contribution is -2.33. The minimum absolute atomic E-state index is 0.124. The summed E-state index contributed by atoms with van der Waals surface area (Å²) >= 11 is 0.851. The standard InChI is InChI=1S/C9H10N2O5S/c1-5(2-8(12)13)10-9(14)6-3-7(11(15)16)17-4-6/h3-5H,2H2,1H3,(H,10,14)(H,12,13). The maximum Gasteiger partial charge on any atom is 0.324 e. The maximum absolute atomic E-state index is 11.6. The Bertz CT molecular complexity index is 456. The van der Waals surface area contributed by atoms with Gasteiger partial charge in [-0.05, 0) is 6.92 Å². The van der Waals surface area contributed by atoms with Gasteiger partial charge < -0.3 is 10.4 Å². The minimum Gasteiger partial charge on any atom is -0.481 e. The van der Waals surface area contributed by atoms with Gasteiger partial charge in [0.05, 0.1) is 16.9 Å². The van der Waals surface area contributed by atoms with Gasteiger partial charge in [0.15, 0.2) is 0 Å². The lowest BCUT2D eigenvalue weighted by Gasteiger charge is -2.09. The smallest absolute Gasteiger partial charge is 0.324 e. The molecule has 8 heteroatoms. The van der Waals surface area contributed by atoms with Crippen molar-refractivity contribution < 1.29 is 19.6 Å². The van der Waals surface area contributed by atoms with Crippen molar-refractivity contribution >= 4 is 28.2 Å². The van der Waals surface area contributed by atoms with Crippen LogP contribution in [0, 0.1) is 10.1 Å². The first-order valence-corrected chi connectivity index (χ1v) is 5.53. The molecular weight excluding hydrogens is 248 g/mol. The van der Waals surface area contributed by atoms with E-state index >= 15 is 0 Å². The van der Waals surface area contributed by atoms with Gasteiger partial charge in [-0.25, -0.2) is 0 Å². The number of nitro groups is 1. The fourth-order valence-corrected chi connectivity index (χ4v) is 1.86. The molecule has 0 spiro atoms. The summed E-state index contributed by atoms with van der Waals surface area (Å²) in [6.07, 6.45) is -0.196. The van der Waals surface area contributed by atoms with E-state index < -0.39 is 22.8 Å². The van der Waals surface area contributed by atoms with Crippen molar-refractivity contribution in [3.05, 3.63) is 27.1 Å². The molecule has 0 aromatic carbocycles. The number of carbonyl (C=O) groups is 2. The molecule has 0 saturated carbocycles. The lowest BCUT2D eigenvalue weighted by atomic mass is 10.2. The van der Waals surface area contributed by atoms with Crippen LogP contribution in [0.3, 0.4) is 0 Å². The summed E-state index contributed by atoms with van der Waals surface area (Å²) in [4.78, 5) is 31.8. The van der Waals surface area contributed by atoms with Crippen LogP contribution in [0.5, 0.6) is 0 Å². The van der Waals surface area contributed by atoms with Crippen LogP contribution in [0.2, 0.25) is 0 Å². The number of hydrogen-bond donors (Lipinski definition) is 2. The highest BCUT2D eigenvalue weighted by Crippen LogP contribution is 2.22. The topological polar surface area (TPSA) is 110 Å². The largest absolute Gasteiger partial charge is 0.481 e. The average molecular weight is 258 g/mol. The third-order valence-electron chi connectivity index (χ3n) is 1.89. The van der Waals surface area contributed by atoms with Gasteiger partial charge in [0.2, 0.25) is 0 Å². The zero-order valence-corrected chi connectivity index (χ0v) is 9.69. The Morgan fingerprint density at radius 3 is 2.76 bits per heavy atom. The van der Waals surface area contributed by atoms with Crippen LogP contribution >= 0.6 is 11.3 Å². The highest BCUT2D eigenvalue weighted by Gasteiger charge is 2.17. The molecule has 0 fully saturated rings. The molecule has 1 aromatic heterocycles. The highest BCUT2D eigenvalue weighted by atomic mass is 32.1. The zero-order valence-electron chi connectivity index (χ0n) is 8.87. The van der Waals surface area contributed by atoms with Crippen LogP contribution in [0.25, 0.3) is 0 Å². The molecule has 1 heterocycles. The molecule has 0 bridgehead atoms. The Labute approximate surface area is 100 Å². The second-order valence-electron chi connectivity index (χ2n) is 3.40. The Kier molecular flexibility index (Phi) is 4.16. The van der Waals surface area contributed by atoms with E-state index in [1.54, 1.807) is 6.92 Å². The van der Waals surface area contributed by atoms with E-state index in [9.17, 15) is 19.7 Å². The molecule has 0 saturated heterocycles. The monoisotopic (exact) mass is 258 g/mol. The van der Waals surface area contributed by atoms with Crippen molar-refractivity contribution in [2.24, 2.45) is 0 Å². The minimum atomic E-state index is -1.02. The van der Waals surface area contributed by atoms with E-state index in [1.165, 1.54) is 5.38 Å². The SMILES string of the molecule is CC(CC(=O)O)NC(=O)c1csc([N+](=O)[O-])c1. The third-order valence-corrected chi connectivity index (χ3v) is 2.77. The molecule has 1 amide bonds. The van der Waals surface area contributed by atoms with Crippen LogP contribution < -0.4 is 5.32 Å². The molecule has 17 heavy (non-hydrogen) atoms. The van der Waals surface area contributed by atoms with E-state index in [2.05, 4.69) is 5.32 Å². The summed E-state index contributed by atoms with van der Waals surface area (Å²) in [6, 6.07) is 0.631. The van der Waals surface area contributed by atoms with E-state index in [4.69, 9.17) is 5.11 Å². The fourth-order valence-electron chi connectivity index (χ4n) is 1.16. The van der Waals surface area contributed by atoms with Crippen molar-refractivity contribution in [3.63, 3.8) is 0 Å². The summed E-state index contributed by atoms with van der Waals surface area (Å²) < 4.78 is 0. The van der Waals surface area contributed by atoms with Crippen molar-refractivity contribution in [2.45, 2.75) is 19.4 Å². The first kappa shape index (κ1) is 13.1. The number of amides is 1. The quantitative estimate of drug-likeness (QED) is 0.610. The van der Waals surface area contributed by atoms with E-state index in [1.807, 2.05) is 0 Å². The Morgan fingerprint density at radius 1 is 1.65 bits per heavy atom. The number of aliphatic carboxylic acids is 1. The van der Waals surface area contributed by atoms with Gasteiger partial charge in [-0.2, -0.15) is 0 Å². The van der Waals surface area contributed by atoms with Crippen molar-refractivity contribution in [1.82, 2.24) is 5.32 Å². The summed E-state index contributed by atoms with van der Waals surface area (Å²) in [5.74, 6) is -1.53. The molecule has 92 valence electrons.